The summed E-state index contributed by atoms with van der Waals surface area (Å²) in [6.45, 7) is 6.97. The van der Waals surface area contributed by atoms with Gasteiger partial charge in [-0.1, -0.05) is 39.2 Å². The highest BCUT2D eigenvalue weighted by molar-refractivity contribution is 5.91. The second-order valence-corrected chi connectivity index (χ2v) is 5.96. The zero-order valence-corrected chi connectivity index (χ0v) is 10.2. The van der Waals surface area contributed by atoms with Gasteiger partial charge in [0.25, 0.3) is 0 Å². The molecule has 0 unspecified atom stereocenters. The summed E-state index contributed by atoms with van der Waals surface area (Å²) in [6.07, 6.45) is 7.72. The highest BCUT2D eigenvalue weighted by atomic mass is 16.1. The largest absolute Gasteiger partial charge is 0.295 e. The lowest BCUT2D eigenvalue weighted by atomic mass is 9.69. The summed E-state index contributed by atoms with van der Waals surface area (Å²) in [5, 5.41) is 0. The number of fused-ring (bicyclic) bond motifs is 1. The Kier molecular flexibility index (Phi) is 2.74. The molecule has 1 nitrogen and oxygen atoms in total. The van der Waals surface area contributed by atoms with Gasteiger partial charge in [-0.25, -0.2) is 0 Å². The Labute approximate surface area is 92.9 Å². The molecule has 2 aliphatic rings. The van der Waals surface area contributed by atoms with Gasteiger partial charge in [-0.15, -0.1) is 0 Å². The van der Waals surface area contributed by atoms with E-state index >= 15 is 0 Å². The summed E-state index contributed by atoms with van der Waals surface area (Å²) < 4.78 is 0. The summed E-state index contributed by atoms with van der Waals surface area (Å²) >= 11 is 0. The van der Waals surface area contributed by atoms with Crippen LogP contribution in [0.5, 0.6) is 0 Å². The SMILES string of the molecule is C[C@H]1CCCC(C)(C)C2=CC(=O)CC[C@@H]21. The molecular formula is C14H22O. The molecule has 0 aromatic rings. The van der Waals surface area contributed by atoms with Crippen molar-refractivity contribution in [3.8, 4) is 0 Å². The van der Waals surface area contributed by atoms with E-state index in [1.54, 1.807) is 0 Å². The van der Waals surface area contributed by atoms with Crippen molar-refractivity contribution in [2.24, 2.45) is 17.3 Å². The second kappa shape index (κ2) is 3.77. The normalized spacial score (nSPS) is 35.4. The molecule has 0 aromatic carbocycles. The van der Waals surface area contributed by atoms with Crippen LogP contribution in [-0.2, 0) is 4.79 Å². The van der Waals surface area contributed by atoms with Crippen molar-refractivity contribution in [3.63, 3.8) is 0 Å². The van der Waals surface area contributed by atoms with Crippen molar-refractivity contribution in [3.05, 3.63) is 11.6 Å². The quantitative estimate of drug-likeness (QED) is 0.590. The fraction of sp³-hybridized carbons (Fsp3) is 0.786. The molecule has 0 bridgehead atoms. The topological polar surface area (TPSA) is 17.1 Å². The molecule has 0 spiro atoms. The van der Waals surface area contributed by atoms with Gasteiger partial charge >= 0.3 is 0 Å². The highest BCUT2D eigenvalue weighted by Crippen LogP contribution is 2.47. The Balaban J connectivity index is 2.37. The minimum absolute atomic E-state index is 0.255. The molecule has 15 heavy (non-hydrogen) atoms. The summed E-state index contributed by atoms with van der Waals surface area (Å²) in [4.78, 5) is 11.5. The molecule has 1 heteroatoms. The first-order chi connectivity index (χ1) is 7.00. The van der Waals surface area contributed by atoms with Crippen molar-refractivity contribution >= 4 is 5.78 Å². The maximum absolute atomic E-state index is 11.5. The molecule has 84 valence electrons. The van der Waals surface area contributed by atoms with Gasteiger partial charge in [0.05, 0.1) is 0 Å². The average Bonchev–Trinajstić information content (AvgIpc) is 2.26. The minimum Gasteiger partial charge on any atom is -0.295 e. The maximum Gasteiger partial charge on any atom is 0.155 e. The lowest BCUT2D eigenvalue weighted by molar-refractivity contribution is -0.115. The fourth-order valence-electron chi connectivity index (χ4n) is 3.31. The van der Waals surface area contributed by atoms with E-state index in [2.05, 4.69) is 20.8 Å². The van der Waals surface area contributed by atoms with Crippen LogP contribution in [0.2, 0.25) is 0 Å². The summed E-state index contributed by atoms with van der Waals surface area (Å²) in [7, 11) is 0. The van der Waals surface area contributed by atoms with E-state index in [0.29, 0.717) is 11.7 Å². The Bertz CT molecular complexity index is 298. The minimum atomic E-state index is 0.255. The van der Waals surface area contributed by atoms with E-state index in [1.807, 2.05) is 6.08 Å². The number of allylic oxidation sites excluding steroid dienone is 2. The number of carbonyl (C=O) groups excluding carboxylic acids is 1. The van der Waals surface area contributed by atoms with Gasteiger partial charge in [0, 0.05) is 6.42 Å². The number of hydrogen-bond donors (Lipinski definition) is 0. The third kappa shape index (κ3) is 2.02. The molecule has 0 saturated heterocycles. The molecule has 2 atom stereocenters. The molecule has 0 radical (unpaired) electrons. The van der Waals surface area contributed by atoms with Gasteiger partial charge in [0.15, 0.2) is 5.78 Å². The molecule has 0 N–H and O–H groups in total. The predicted molar refractivity (Wildman–Crippen MR) is 62.6 cm³/mol. The highest BCUT2D eigenvalue weighted by Gasteiger charge is 2.37. The standard InChI is InChI=1S/C14H22O/c1-10-5-4-8-14(2,3)13-9-11(15)6-7-12(10)13/h9-10,12H,4-8H2,1-3H3/t10-,12+/m0/s1. The van der Waals surface area contributed by atoms with Crippen LogP contribution in [0, 0.1) is 17.3 Å². The number of hydrogen-bond acceptors (Lipinski definition) is 1. The van der Waals surface area contributed by atoms with Gasteiger partial charge in [-0.05, 0) is 36.2 Å². The number of ketones is 1. The van der Waals surface area contributed by atoms with Gasteiger partial charge < -0.3 is 0 Å². The number of rotatable bonds is 0. The Hall–Kier alpha value is -0.590. The van der Waals surface area contributed by atoms with E-state index < -0.39 is 0 Å². The Morgan fingerprint density at radius 3 is 2.80 bits per heavy atom. The molecule has 0 aromatic heterocycles. The maximum atomic E-state index is 11.5. The number of carbonyl (C=O) groups is 1. The summed E-state index contributed by atoms with van der Waals surface area (Å²) in [5.74, 6) is 1.80. The average molecular weight is 206 g/mol. The summed E-state index contributed by atoms with van der Waals surface area (Å²) in [6, 6.07) is 0. The summed E-state index contributed by atoms with van der Waals surface area (Å²) in [5.41, 5.74) is 1.70. The van der Waals surface area contributed by atoms with Crippen molar-refractivity contribution in [2.75, 3.05) is 0 Å². The van der Waals surface area contributed by atoms with Crippen LogP contribution >= 0.6 is 0 Å². The fourth-order valence-corrected chi connectivity index (χ4v) is 3.31. The first-order valence-electron chi connectivity index (χ1n) is 6.25. The smallest absolute Gasteiger partial charge is 0.155 e. The van der Waals surface area contributed by atoms with Crippen LogP contribution in [0.4, 0.5) is 0 Å². The lowest BCUT2D eigenvalue weighted by Crippen LogP contribution is -2.27. The molecule has 1 saturated carbocycles. The van der Waals surface area contributed by atoms with Gasteiger partial charge in [0.1, 0.15) is 0 Å². The molecular weight excluding hydrogens is 184 g/mol. The van der Waals surface area contributed by atoms with Gasteiger partial charge in [0.2, 0.25) is 0 Å². The lowest BCUT2D eigenvalue weighted by Gasteiger charge is -2.35. The van der Waals surface area contributed by atoms with Crippen LogP contribution in [0.25, 0.3) is 0 Å². The first kappa shape index (κ1) is 10.9. The van der Waals surface area contributed by atoms with Crippen molar-refractivity contribution in [2.45, 2.75) is 52.9 Å². The monoisotopic (exact) mass is 206 g/mol. The Morgan fingerprint density at radius 2 is 2.07 bits per heavy atom. The van der Waals surface area contributed by atoms with Crippen LogP contribution in [0.15, 0.2) is 11.6 Å². The van der Waals surface area contributed by atoms with Crippen LogP contribution < -0.4 is 0 Å². The molecule has 2 aliphatic carbocycles. The Morgan fingerprint density at radius 1 is 1.33 bits per heavy atom. The zero-order valence-electron chi connectivity index (χ0n) is 10.2. The van der Waals surface area contributed by atoms with E-state index in [-0.39, 0.29) is 5.41 Å². The third-order valence-corrected chi connectivity index (χ3v) is 4.35. The third-order valence-electron chi connectivity index (χ3n) is 4.35. The van der Waals surface area contributed by atoms with Gasteiger partial charge in [-0.2, -0.15) is 0 Å². The van der Waals surface area contributed by atoms with Crippen LogP contribution in [0.3, 0.4) is 0 Å². The van der Waals surface area contributed by atoms with Crippen molar-refractivity contribution < 1.29 is 4.79 Å². The van der Waals surface area contributed by atoms with Gasteiger partial charge in [-0.3, -0.25) is 4.79 Å². The van der Waals surface area contributed by atoms with E-state index in [4.69, 9.17) is 0 Å². The van der Waals surface area contributed by atoms with Crippen molar-refractivity contribution in [1.29, 1.82) is 0 Å². The second-order valence-electron chi connectivity index (χ2n) is 5.96. The van der Waals surface area contributed by atoms with E-state index in [1.165, 1.54) is 24.8 Å². The van der Waals surface area contributed by atoms with E-state index in [0.717, 1.165) is 18.8 Å². The zero-order chi connectivity index (χ0) is 11.1. The predicted octanol–water partition coefficient (Wildman–Crippen LogP) is 3.74. The first-order valence-corrected chi connectivity index (χ1v) is 6.25. The molecule has 0 heterocycles. The van der Waals surface area contributed by atoms with Crippen molar-refractivity contribution in [1.82, 2.24) is 0 Å². The molecule has 0 amide bonds. The van der Waals surface area contributed by atoms with Crippen LogP contribution in [-0.4, -0.2) is 5.78 Å². The van der Waals surface area contributed by atoms with Crippen LogP contribution in [0.1, 0.15) is 52.9 Å². The molecule has 2 rings (SSSR count). The van der Waals surface area contributed by atoms with E-state index in [9.17, 15) is 4.79 Å². The molecule has 0 aliphatic heterocycles. The molecule has 1 fully saturated rings.